The van der Waals surface area contributed by atoms with E-state index < -0.39 is 6.10 Å². The van der Waals surface area contributed by atoms with Crippen molar-refractivity contribution in [2.75, 3.05) is 7.11 Å². The average Bonchev–Trinajstić information content (AvgIpc) is 2.41. The SMILES string of the molecule is COc1ccc(C(O)c2ccc(F)c(Br)c2)c(Cl)c1. The molecule has 0 fully saturated rings. The number of rotatable bonds is 3. The first-order valence-electron chi connectivity index (χ1n) is 5.49. The molecular formula is C14H11BrClFO2. The molecule has 0 radical (unpaired) electrons. The molecule has 0 spiro atoms. The van der Waals surface area contributed by atoms with Crippen LogP contribution in [0.2, 0.25) is 5.02 Å². The highest BCUT2D eigenvalue weighted by Gasteiger charge is 2.15. The van der Waals surface area contributed by atoms with Crippen LogP contribution in [0.4, 0.5) is 4.39 Å². The van der Waals surface area contributed by atoms with Gasteiger partial charge in [0.1, 0.15) is 17.7 Å². The van der Waals surface area contributed by atoms with Crippen LogP contribution in [0.25, 0.3) is 0 Å². The summed E-state index contributed by atoms with van der Waals surface area (Å²) in [6.45, 7) is 0. The first-order valence-corrected chi connectivity index (χ1v) is 6.66. The van der Waals surface area contributed by atoms with Crippen molar-refractivity contribution >= 4 is 27.5 Å². The molecule has 2 aromatic rings. The highest BCUT2D eigenvalue weighted by Crippen LogP contribution is 2.32. The fourth-order valence-electron chi connectivity index (χ4n) is 1.72. The van der Waals surface area contributed by atoms with E-state index in [-0.39, 0.29) is 5.82 Å². The van der Waals surface area contributed by atoms with Crippen LogP contribution in [0, 0.1) is 5.82 Å². The van der Waals surface area contributed by atoms with Gasteiger partial charge >= 0.3 is 0 Å². The smallest absolute Gasteiger partial charge is 0.137 e. The highest BCUT2D eigenvalue weighted by atomic mass is 79.9. The van der Waals surface area contributed by atoms with Crippen molar-refractivity contribution in [3.05, 3.63) is 62.8 Å². The van der Waals surface area contributed by atoms with Crippen molar-refractivity contribution in [3.8, 4) is 5.75 Å². The van der Waals surface area contributed by atoms with Gasteiger partial charge in [0.25, 0.3) is 0 Å². The van der Waals surface area contributed by atoms with Crippen LogP contribution in [0.1, 0.15) is 17.2 Å². The number of ether oxygens (including phenoxy) is 1. The van der Waals surface area contributed by atoms with Gasteiger partial charge in [0.05, 0.1) is 16.6 Å². The van der Waals surface area contributed by atoms with Gasteiger partial charge in [-0.15, -0.1) is 0 Å². The van der Waals surface area contributed by atoms with E-state index in [1.165, 1.54) is 18.2 Å². The van der Waals surface area contributed by atoms with Gasteiger partial charge in [-0.1, -0.05) is 23.7 Å². The molecule has 0 amide bonds. The van der Waals surface area contributed by atoms with E-state index >= 15 is 0 Å². The zero-order valence-corrected chi connectivity index (χ0v) is 12.4. The van der Waals surface area contributed by atoms with E-state index in [1.807, 2.05) is 0 Å². The molecule has 0 bridgehead atoms. The lowest BCUT2D eigenvalue weighted by molar-refractivity contribution is 0.220. The van der Waals surface area contributed by atoms with E-state index in [0.29, 0.717) is 26.4 Å². The second kappa shape index (κ2) is 5.90. The molecule has 0 saturated carbocycles. The van der Waals surface area contributed by atoms with Crippen LogP contribution in [0.5, 0.6) is 5.75 Å². The molecule has 0 saturated heterocycles. The second-order valence-corrected chi connectivity index (χ2v) is 5.23. The normalized spacial score (nSPS) is 12.3. The van der Waals surface area contributed by atoms with Crippen LogP contribution in [-0.4, -0.2) is 12.2 Å². The molecule has 1 N–H and O–H groups in total. The summed E-state index contributed by atoms with van der Waals surface area (Å²) in [4.78, 5) is 0. The molecule has 0 aliphatic heterocycles. The molecule has 2 rings (SSSR count). The molecule has 100 valence electrons. The van der Waals surface area contributed by atoms with E-state index in [4.69, 9.17) is 16.3 Å². The van der Waals surface area contributed by atoms with Crippen molar-refractivity contribution in [2.45, 2.75) is 6.10 Å². The first kappa shape index (κ1) is 14.3. The Kier molecular flexibility index (Phi) is 4.45. The van der Waals surface area contributed by atoms with Crippen molar-refractivity contribution in [1.82, 2.24) is 0 Å². The Labute approximate surface area is 123 Å². The Hall–Kier alpha value is -1.10. The number of aliphatic hydroxyl groups excluding tert-OH is 1. The lowest BCUT2D eigenvalue weighted by atomic mass is 10.0. The minimum absolute atomic E-state index is 0.300. The molecule has 5 heteroatoms. The minimum Gasteiger partial charge on any atom is -0.497 e. The molecule has 2 nitrogen and oxygen atoms in total. The van der Waals surface area contributed by atoms with Gasteiger partial charge in [-0.25, -0.2) is 4.39 Å². The topological polar surface area (TPSA) is 29.5 Å². The molecule has 19 heavy (non-hydrogen) atoms. The summed E-state index contributed by atoms with van der Waals surface area (Å²) in [7, 11) is 1.54. The van der Waals surface area contributed by atoms with Crippen LogP contribution in [0.3, 0.4) is 0 Å². The molecule has 2 aromatic carbocycles. The van der Waals surface area contributed by atoms with Crippen molar-refractivity contribution in [3.63, 3.8) is 0 Å². The summed E-state index contributed by atoms with van der Waals surface area (Å²) < 4.78 is 18.5. The lowest BCUT2D eigenvalue weighted by Gasteiger charge is -2.14. The maximum absolute atomic E-state index is 13.2. The lowest BCUT2D eigenvalue weighted by Crippen LogP contribution is -2.01. The monoisotopic (exact) mass is 344 g/mol. The standard InChI is InChI=1S/C14H11BrClFO2/c1-19-9-3-4-10(12(16)7-9)14(18)8-2-5-13(17)11(15)6-8/h2-7,14,18H,1H3. The zero-order chi connectivity index (χ0) is 14.0. The summed E-state index contributed by atoms with van der Waals surface area (Å²) in [6.07, 6.45) is -0.921. The molecular weight excluding hydrogens is 335 g/mol. The molecule has 0 aliphatic rings. The highest BCUT2D eigenvalue weighted by molar-refractivity contribution is 9.10. The maximum Gasteiger partial charge on any atom is 0.137 e. The number of benzene rings is 2. The fraction of sp³-hybridized carbons (Fsp3) is 0.143. The van der Waals surface area contributed by atoms with Crippen LogP contribution < -0.4 is 4.74 Å². The number of aliphatic hydroxyl groups is 1. The van der Waals surface area contributed by atoms with Crippen LogP contribution in [0.15, 0.2) is 40.9 Å². The predicted molar refractivity (Wildman–Crippen MR) is 76.2 cm³/mol. The number of hydrogen-bond donors (Lipinski definition) is 1. The first-order chi connectivity index (χ1) is 9.02. The number of hydrogen-bond acceptors (Lipinski definition) is 2. The number of halogens is 3. The Balaban J connectivity index is 2.38. The van der Waals surface area contributed by atoms with Gasteiger partial charge in [-0.2, -0.15) is 0 Å². The van der Waals surface area contributed by atoms with Crippen molar-refractivity contribution in [1.29, 1.82) is 0 Å². The molecule has 0 aliphatic carbocycles. The quantitative estimate of drug-likeness (QED) is 0.897. The third kappa shape index (κ3) is 3.08. The second-order valence-electron chi connectivity index (χ2n) is 3.96. The average molecular weight is 346 g/mol. The van der Waals surface area contributed by atoms with Crippen LogP contribution >= 0.6 is 27.5 Å². The third-order valence-electron chi connectivity index (χ3n) is 2.76. The van der Waals surface area contributed by atoms with E-state index in [9.17, 15) is 9.50 Å². The zero-order valence-electron chi connectivity index (χ0n) is 10.0. The van der Waals surface area contributed by atoms with E-state index in [2.05, 4.69) is 15.9 Å². The van der Waals surface area contributed by atoms with E-state index in [1.54, 1.807) is 25.3 Å². The van der Waals surface area contributed by atoms with Gasteiger partial charge in [-0.3, -0.25) is 0 Å². The molecule has 1 atom stereocenters. The maximum atomic E-state index is 13.2. The fourth-order valence-corrected chi connectivity index (χ4v) is 2.39. The minimum atomic E-state index is -0.921. The summed E-state index contributed by atoms with van der Waals surface area (Å²) in [5.74, 6) is 0.234. The van der Waals surface area contributed by atoms with Gasteiger partial charge in [0.15, 0.2) is 0 Å². The molecule has 0 heterocycles. The number of methoxy groups -OCH3 is 1. The van der Waals surface area contributed by atoms with Gasteiger partial charge in [-0.05, 0) is 45.8 Å². The van der Waals surface area contributed by atoms with Crippen molar-refractivity contribution in [2.24, 2.45) is 0 Å². The summed E-state index contributed by atoms with van der Waals surface area (Å²) >= 11 is 9.19. The van der Waals surface area contributed by atoms with Crippen LogP contribution in [-0.2, 0) is 0 Å². The Morgan fingerprint density at radius 3 is 2.58 bits per heavy atom. The van der Waals surface area contributed by atoms with Gasteiger partial charge in [0.2, 0.25) is 0 Å². The molecule has 1 unspecified atom stereocenters. The molecule has 0 aromatic heterocycles. The largest absolute Gasteiger partial charge is 0.497 e. The Morgan fingerprint density at radius 2 is 2.00 bits per heavy atom. The predicted octanol–water partition coefficient (Wildman–Crippen LogP) is 4.33. The van der Waals surface area contributed by atoms with Crippen molar-refractivity contribution < 1.29 is 14.2 Å². The summed E-state index contributed by atoms with van der Waals surface area (Å²) in [5.41, 5.74) is 1.10. The Morgan fingerprint density at radius 1 is 1.26 bits per heavy atom. The van der Waals surface area contributed by atoms with Gasteiger partial charge < -0.3 is 9.84 Å². The van der Waals surface area contributed by atoms with Gasteiger partial charge in [0, 0.05) is 5.56 Å². The van der Waals surface area contributed by atoms with E-state index in [0.717, 1.165) is 0 Å². The third-order valence-corrected chi connectivity index (χ3v) is 3.70. The summed E-state index contributed by atoms with van der Waals surface area (Å²) in [5, 5.41) is 10.7. The Bertz CT molecular complexity index is 604. The summed E-state index contributed by atoms with van der Waals surface area (Å²) in [6, 6.07) is 9.36.